The highest BCUT2D eigenvalue weighted by atomic mass is 19.2. The summed E-state index contributed by atoms with van der Waals surface area (Å²) in [5.41, 5.74) is 1.20. The second-order valence-corrected chi connectivity index (χ2v) is 6.69. The van der Waals surface area contributed by atoms with Crippen molar-refractivity contribution in [2.45, 2.75) is 13.0 Å². The van der Waals surface area contributed by atoms with E-state index in [0.29, 0.717) is 23.7 Å². The van der Waals surface area contributed by atoms with Crippen LogP contribution in [0.25, 0.3) is 11.3 Å². The lowest BCUT2D eigenvalue weighted by Gasteiger charge is -2.16. The molecule has 10 heteroatoms. The first-order chi connectivity index (χ1) is 14.9. The molecule has 3 rings (SSSR count). The monoisotopic (exact) mass is 431 g/mol. The average Bonchev–Trinajstić information content (AvgIpc) is 3.19. The predicted molar refractivity (Wildman–Crippen MR) is 110 cm³/mol. The highest BCUT2D eigenvalue weighted by molar-refractivity contribution is 6.06. The Bertz CT molecular complexity index is 1080. The Hall–Kier alpha value is -3.66. The number of methoxy groups -OCH3 is 1. The number of aliphatic imine (C=N–C) groups is 1. The van der Waals surface area contributed by atoms with Crippen LogP contribution in [-0.2, 0) is 4.74 Å². The number of nitrogens with one attached hydrogen (secondary N) is 3. The maximum atomic E-state index is 13.5. The van der Waals surface area contributed by atoms with Crippen molar-refractivity contribution in [3.05, 3.63) is 71.5 Å². The Kier molecular flexibility index (Phi) is 7.03. The van der Waals surface area contributed by atoms with Gasteiger partial charge in [-0.2, -0.15) is 10.1 Å². The molecule has 3 aromatic rings. The lowest BCUT2D eigenvalue weighted by molar-refractivity contribution is 0.100. The second kappa shape index (κ2) is 9.90. The van der Waals surface area contributed by atoms with Crippen LogP contribution in [0, 0.1) is 17.5 Å². The summed E-state index contributed by atoms with van der Waals surface area (Å²) in [6.45, 7) is 2.12. The van der Waals surface area contributed by atoms with Crippen molar-refractivity contribution in [2.75, 3.05) is 19.0 Å². The highest BCUT2D eigenvalue weighted by Gasteiger charge is 2.14. The standard InChI is InChI=1S/C21H20F3N5O2/c1-12(11-31-2)25-21(27-20(30)14-5-8-16(23)17(24)9-14)26-19-10-18(28-29-19)13-3-6-15(22)7-4-13/h3-10,12H,11H2,1-2H3,(H3,25,26,27,28,29,30)/t12-/m0/s1. The zero-order valence-corrected chi connectivity index (χ0v) is 16.7. The predicted octanol–water partition coefficient (Wildman–Crippen LogP) is 3.73. The Labute approximate surface area is 176 Å². The first-order valence-electron chi connectivity index (χ1n) is 9.27. The molecular formula is C21H20F3N5O2. The van der Waals surface area contributed by atoms with Crippen molar-refractivity contribution in [3.8, 4) is 11.3 Å². The number of nitrogens with zero attached hydrogens (tertiary/aromatic N) is 2. The minimum atomic E-state index is -1.15. The van der Waals surface area contributed by atoms with Crippen LogP contribution in [-0.4, -0.2) is 41.8 Å². The molecule has 0 aliphatic carbocycles. The lowest BCUT2D eigenvalue weighted by Crippen LogP contribution is -2.40. The summed E-state index contributed by atoms with van der Waals surface area (Å²) in [7, 11) is 1.53. The van der Waals surface area contributed by atoms with Crippen LogP contribution in [0.3, 0.4) is 0 Å². The van der Waals surface area contributed by atoms with Gasteiger partial charge in [0.2, 0.25) is 5.96 Å². The molecule has 0 saturated carbocycles. The summed E-state index contributed by atoms with van der Waals surface area (Å²) in [4.78, 5) is 16.4. The maximum Gasteiger partial charge on any atom is 0.280 e. The van der Waals surface area contributed by atoms with E-state index in [0.717, 1.165) is 18.2 Å². The third-order valence-electron chi connectivity index (χ3n) is 4.16. The number of carbonyl (C=O) groups excluding carboxylic acids is 1. The van der Waals surface area contributed by atoms with E-state index in [9.17, 15) is 18.0 Å². The zero-order valence-electron chi connectivity index (χ0n) is 16.7. The number of rotatable bonds is 6. The summed E-state index contributed by atoms with van der Waals surface area (Å²) in [6, 6.07) is 10.0. The number of ether oxygens (including phenoxy) is 1. The minimum absolute atomic E-state index is 0.0384. The van der Waals surface area contributed by atoms with Gasteiger partial charge in [0, 0.05) is 24.8 Å². The number of halogens is 3. The number of carbonyl (C=O) groups is 1. The van der Waals surface area contributed by atoms with Crippen LogP contribution >= 0.6 is 0 Å². The zero-order chi connectivity index (χ0) is 22.4. The van der Waals surface area contributed by atoms with Gasteiger partial charge in [-0.25, -0.2) is 13.2 Å². The molecular weight excluding hydrogens is 411 g/mol. The Morgan fingerprint density at radius 3 is 2.55 bits per heavy atom. The second-order valence-electron chi connectivity index (χ2n) is 6.69. The van der Waals surface area contributed by atoms with Crippen molar-refractivity contribution in [3.63, 3.8) is 0 Å². The quantitative estimate of drug-likeness (QED) is 0.409. The van der Waals surface area contributed by atoms with E-state index < -0.39 is 17.5 Å². The third-order valence-corrected chi connectivity index (χ3v) is 4.16. The van der Waals surface area contributed by atoms with E-state index in [1.165, 1.54) is 19.2 Å². The van der Waals surface area contributed by atoms with E-state index >= 15 is 0 Å². The van der Waals surface area contributed by atoms with Crippen LogP contribution in [0.4, 0.5) is 19.0 Å². The molecule has 0 saturated heterocycles. The fourth-order valence-corrected chi connectivity index (χ4v) is 2.70. The molecule has 162 valence electrons. The van der Waals surface area contributed by atoms with Crippen molar-refractivity contribution in [2.24, 2.45) is 4.99 Å². The maximum absolute atomic E-state index is 13.5. The van der Waals surface area contributed by atoms with E-state index in [-0.39, 0.29) is 23.4 Å². The Morgan fingerprint density at radius 2 is 1.87 bits per heavy atom. The topological polar surface area (TPSA) is 91.4 Å². The van der Waals surface area contributed by atoms with Crippen LogP contribution in [0.15, 0.2) is 53.5 Å². The van der Waals surface area contributed by atoms with Gasteiger partial charge < -0.3 is 15.4 Å². The summed E-state index contributed by atoms with van der Waals surface area (Å²) < 4.78 is 44.8. The fraction of sp³-hybridized carbons (Fsp3) is 0.190. The number of hydrogen-bond donors (Lipinski definition) is 3. The number of guanidine groups is 1. The van der Waals surface area contributed by atoms with Gasteiger partial charge in [-0.1, -0.05) is 0 Å². The highest BCUT2D eigenvalue weighted by Crippen LogP contribution is 2.20. The lowest BCUT2D eigenvalue weighted by atomic mass is 10.1. The molecule has 31 heavy (non-hydrogen) atoms. The smallest absolute Gasteiger partial charge is 0.280 e. The summed E-state index contributed by atoms with van der Waals surface area (Å²) in [5, 5.41) is 12.8. The molecule has 3 N–H and O–H groups in total. The number of benzene rings is 2. The van der Waals surface area contributed by atoms with Gasteiger partial charge in [-0.15, -0.1) is 0 Å². The molecule has 0 radical (unpaired) electrons. The largest absolute Gasteiger partial charge is 0.383 e. The number of hydrogen-bond acceptors (Lipinski definition) is 3. The molecule has 1 amide bonds. The fourth-order valence-electron chi connectivity index (χ4n) is 2.70. The van der Waals surface area contributed by atoms with E-state index in [4.69, 9.17) is 4.74 Å². The van der Waals surface area contributed by atoms with Gasteiger partial charge in [-0.05, 0) is 55.0 Å². The van der Waals surface area contributed by atoms with Crippen molar-refractivity contribution >= 4 is 17.7 Å². The van der Waals surface area contributed by atoms with Crippen molar-refractivity contribution in [1.29, 1.82) is 0 Å². The summed E-state index contributed by atoms with van der Waals surface area (Å²) >= 11 is 0. The molecule has 0 fully saturated rings. The molecule has 0 aliphatic heterocycles. The first-order valence-corrected chi connectivity index (χ1v) is 9.27. The van der Waals surface area contributed by atoms with Gasteiger partial charge in [0.15, 0.2) is 17.5 Å². The molecule has 1 heterocycles. The number of aromatic nitrogens is 2. The Balaban J connectivity index is 1.83. The van der Waals surface area contributed by atoms with Crippen LogP contribution in [0.5, 0.6) is 0 Å². The molecule has 0 unspecified atom stereocenters. The van der Waals surface area contributed by atoms with Gasteiger partial charge in [0.05, 0.1) is 12.3 Å². The van der Waals surface area contributed by atoms with Gasteiger partial charge in [0.1, 0.15) is 5.82 Å². The normalized spacial score (nSPS) is 12.5. The number of H-pyrrole nitrogens is 1. The molecule has 0 aliphatic rings. The van der Waals surface area contributed by atoms with E-state index in [1.54, 1.807) is 25.1 Å². The molecule has 0 spiro atoms. The number of anilines is 1. The van der Waals surface area contributed by atoms with E-state index in [1.807, 2.05) is 0 Å². The van der Waals surface area contributed by atoms with E-state index in [2.05, 4.69) is 25.8 Å². The molecule has 1 atom stereocenters. The van der Waals surface area contributed by atoms with Gasteiger partial charge in [0.25, 0.3) is 5.91 Å². The Morgan fingerprint density at radius 1 is 1.13 bits per heavy atom. The summed E-state index contributed by atoms with van der Waals surface area (Å²) in [6.07, 6.45) is 0. The van der Waals surface area contributed by atoms with Crippen molar-refractivity contribution in [1.82, 2.24) is 15.5 Å². The molecule has 7 nitrogen and oxygen atoms in total. The third kappa shape index (κ3) is 5.92. The average molecular weight is 431 g/mol. The SMILES string of the molecule is COC[C@H](C)N/C(=N/C(=O)c1ccc(F)c(F)c1)Nc1cc(-c2ccc(F)cc2)[nH]n1. The minimum Gasteiger partial charge on any atom is -0.383 e. The molecule has 2 aromatic carbocycles. The number of aromatic amines is 1. The summed E-state index contributed by atoms with van der Waals surface area (Å²) in [5.74, 6) is -2.98. The molecule has 1 aromatic heterocycles. The van der Waals surface area contributed by atoms with Gasteiger partial charge in [-0.3, -0.25) is 9.89 Å². The van der Waals surface area contributed by atoms with Gasteiger partial charge >= 0.3 is 0 Å². The van der Waals surface area contributed by atoms with Crippen LogP contribution in [0.1, 0.15) is 17.3 Å². The van der Waals surface area contributed by atoms with Crippen LogP contribution in [0.2, 0.25) is 0 Å². The number of amides is 1. The molecule has 0 bridgehead atoms. The van der Waals surface area contributed by atoms with Crippen LogP contribution < -0.4 is 10.6 Å². The van der Waals surface area contributed by atoms with Crippen molar-refractivity contribution < 1.29 is 22.7 Å². The first kappa shape index (κ1) is 22.0.